The standard InChI is InChI=1S/C10H17ClN4O2/c1-2-12-10-14-7-8(11)9(15-10)13-3-5-17-6-4-16/h7,16H,2-6H2,1H3,(H2,12,13,14,15). The van der Waals surface area contributed by atoms with Crippen LogP contribution in [0, 0.1) is 0 Å². The molecule has 1 heterocycles. The molecule has 1 rings (SSSR count). The van der Waals surface area contributed by atoms with Gasteiger partial charge in [0, 0.05) is 13.1 Å². The van der Waals surface area contributed by atoms with Gasteiger partial charge >= 0.3 is 0 Å². The van der Waals surface area contributed by atoms with Crippen LogP contribution in [0.3, 0.4) is 0 Å². The van der Waals surface area contributed by atoms with E-state index in [1.807, 2.05) is 6.92 Å². The number of nitrogens with zero attached hydrogens (tertiary/aromatic N) is 2. The molecule has 0 radical (unpaired) electrons. The summed E-state index contributed by atoms with van der Waals surface area (Å²) in [4.78, 5) is 8.24. The maximum Gasteiger partial charge on any atom is 0.224 e. The normalized spacial score (nSPS) is 10.3. The van der Waals surface area contributed by atoms with E-state index in [-0.39, 0.29) is 6.61 Å². The lowest BCUT2D eigenvalue weighted by Gasteiger charge is -2.09. The van der Waals surface area contributed by atoms with E-state index < -0.39 is 0 Å². The fraction of sp³-hybridized carbons (Fsp3) is 0.600. The second-order valence-corrected chi connectivity index (χ2v) is 3.59. The molecular weight excluding hydrogens is 244 g/mol. The van der Waals surface area contributed by atoms with E-state index in [1.165, 1.54) is 0 Å². The molecule has 1 aromatic rings. The lowest BCUT2D eigenvalue weighted by molar-refractivity contribution is 0.0992. The minimum absolute atomic E-state index is 0.0266. The predicted octanol–water partition coefficient (Wildman–Crippen LogP) is 0.983. The Morgan fingerprint density at radius 3 is 2.94 bits per heavy atom. The number of rotatable bonds is 8. The number of ether oxygens (including phenoxy) is 1. The highest BCUT2D eigenvalue weighted by Crippen LogP contribution is 2.18. The van der Waals surface area contributed by atoms with Crippen LogP contribution in [0.4, 0.5) is 11.8 Å². The van der Waals surface area contributed by atoms with E-state index in [2.05, 4.69) is 20.6 Å². The van der Waals surface area contributed by atoms with Gasteiger partial charge in [-0.15, -0.1) is 0 Å². The molecule has 7 heteroatoms. The first-order valence-electron chi connectivity index (χ1n) is 5.46. The number of hydrogen-bond acceptors (Lipinski definition) is 6. The maximum absolute atomic E-state index is 8.53. The van der Waals surface area contributed by atoms with E-state index in [0.29, 0.717) is 36.5 Å². The monoisotopic (exact) mass is 260 g/mol. The average Bonchev–Trinajstić information content (AvgIpc) is 2.33. The van der Waals surface area contributed by atoms with Gasteiger partial charge in [0.05, 0.1) is 26.0 Å². The molecule has 0 aromatic carbocycles. The molecule has 96 valence electrons. The molecule has 0 aliphatic carbocycles. The third-order valence-corrected chi connectivity index (χ3v) is 2.13. The molecule has 0 spiro atoms. The molecule has 0 amide bonds. The van der Waals surface area contributed by atoms with Crippen molar-refractivity contribution in [1.29, 1.82) is 0 Å². The largest absolute Gasteiger partial charge is 0.394 e. The van der Waals surface area contributed by atoms with Gasteiger partial charge in [-0.25, -0.2) is 4.98 Å². The molecular formula is C10H17ClN4O2. The molecule has 17 heavy (non-hydrogen) atoms. The van der Waals surface area contributed by atoms with Gasteiger partial charge in [0.2, 0.25) is 5.95 Å². The van der Waals surface area contributed by atoms with Gasteiger partial charge in [0.1, 0.15) is 5.02 Å². The number of hydrogen-bond donors (Lipinski definition) is 3. The van der Waals surface area contributed by atoms with Crippen molar-refractivity contribution in [3.8, 4) is 0 Å². The van der Waals surface area contributed by atoms with Crippen LogP contribution in [0.25, 0.3) is 0 Å². The fourth-order valence-corrected chi connectivity index (χ4v) is 1.30. The second kappa shape index (κ2) is 8.05. The maximum atomic E-state index is 8.53. The quantitative estimate of drug-likeness (QED) is 0.605. The van der Waals surface area contributed by atoms with Crippen LogP contribution in [0.2, 0.25) is 5.02 Å². The number of anilines is 2. The lowest BCUT2D eigenvalue weighted by Crippen LogP contribution is -2.13. The van der Waals surface area contributed by atoms with Gasteiger partial charge < -0.3 is 20.5 Å². The van der Waals surface area contributed by atoms with E-state index in [9.17, 15) is 0 Å². The minimum Gasteiger partial charge on any atom is -0.394 e. The molecule has 0 fully saturated rings. The van der Waals surface area contributed by atoms with Crippen LogP contribution in [0.5, 0.6) is 0 Å². The van der Waals surface area contributed by atoms with Crippen molar-refractivity contribution in [2.75, 3.05) is 43.5 Å². The number of aliphatic hydroxyl groups is 1. The summed E-state index contributed by atoms with van der Waals surface area (Å²) in [5.41, 5.74) is 0. The highest BCUT2D eigenvalue weighted by atomic mass is 35.5. The molecule has 0 unspecified atom stereocenters. The predicted molar refractivity (Wildman–Crippen MR) is 67.6 cm³/mol. The Morgan fingerprint density at radius 1 is 1.41 bits per heavy atom. The Bertz CT molecular complexity index is 338. The first kappa shape index (κ1) is 14.0. The number of nitrogens with one attached hydrogen (secondary N) is 2. The van der Waals surface area contributed by atoms with Crippen LogP contribution in [0.15, 0.2) is 6.20 Å². The molecule has 0 saturated carbocycles. The fourth-order valence-electron chi connectivity index (χ4n) is 1.14. The van der Waals surface area contributed by atoms with Crippen molar-refractivity contribution in [2.45, 2.75) is 6.92 Å². The van der Waals surface area contributed by atoms with Gasteiger partial charge in [0.25, 0.3) is 0 Å². The smallest absolute Gasteiger partial charge is 0.224 e. The molecule has 6 nitrogen and oxygen atoms in total. The van der Waals surface area contributed by atoms with Crippen molar-refractivity contribution >= 4 is 23.4 Å². The number of aromatic nitrogens is 2. The SMILES string of the molecule is CCNc1ncc(Cl)c(NCCOCCO)n1. The van der Waals surface area contributed by atoms with Crippen LogP contribution in [0.1, 0.15) is 6.92 Å². The summed E-state index contributed by atoms with van der Waals surface area (Å²) in [5, 5.41) is 15.0. The zero-order valence-corrected chi connectivity index (χ0v) is 10.5. The second-order valence-electron chi connectivity index (χ2n) is 3.18. The summed E-state index contributed by atoms with van der Waals surface area (Å²) in [6.07, 6.45) is 1.55. The third-order valence-electron chi connectivity index (χ3n) is 1.85. The highest BCUT2D eigenvalue weighted by Gasteiger charge is 2.03. The van der Waals surface area contributed by atoms with Crippen LogP contribution in [-0.4, -0.2) is 48.0 Å². The Hall–Kier alpha value is -1.11. The number of aliphatic hydroxyl groups excluding tert-OH is 1. The van der Waals surface area contributed by atoms with E-state index in [0.717, 1.165) is 6.54 Å². The van der Waals surface area contributed by atoms with Crippen molar-refractivity contribution in [3.05, 3.63) is 11.2 Å². The zero-order valence-electron chi connectivity index (χ0n) is 9.74. The van der Waals surface area contributed by atoms with Gasteiger partial charge in [-0.05, 0) is 6.92 Å². The highest BCUT2D eigenvalue weighted by molar-refractivity contribution is 6.32. The summed E-state index contributed by atoms with van der Waals surface area (Å²) in [7, 11) is 0. The Labute approximate surface area is 105 Å². The summed E-state index contributed by atoms with van der Waals surface area (Å²) >= 11 is 5.94. The van der Waals surface area contributed by atoms with E-state index in [4.69, 9.17) is 21.4 Å². The van der Waals surface area contributed by atoms with Gasteiger partial charge in [-0.2, -0.15) is 4.98 Å². The molecule has 0 aliphatic rings. The van der Waals surface area contributed by atoms with Gasteiger partial charge in [-0.3, -0.25) is 0 Å². The third kappa shape index (κ3) is 5.16. The Kier molecular flexibility index (Phi) is 6.61. The van der Waals surface area contributed by atoms with Crippen molar-refractivity contribution in [3.63, 3.8) is 0 Å². The molecule has 0 bridgehead atoms. The first-order valence-corrected chi connectivity index (χ1v) is 5.84. The molecule has 0 atom stereocenters. The van der Waals surface area contributed by atoms with Crippen molar-refractivity contribution in [2.24, 2.45) is 0 Å². The summed E-state index contributed by atoms with van der Waals surface area (Å²) in [6, 6.07) is 0. The summed E-state index contributed by atoms with van der Waals surface area (Å²) in [6.45, 7) is 4.13. The molecule has 0 aliphatic heterocycles. The lowest BCUT2D eigenvalue weighted by atomic mass is 10.5. The first-order chi connectivity index (χ1) is 8.27. The van der Waals surface area contributed by atoms with Gasteiger partial charge in [0.15, 0.2) is 5.82 Å². The topological polar surface area (TPSA) is 79.3 Å². The summed E-state index contributed by atoms with van der Waals surface area (Å²) < 4.78 is 5.11. The molecule has 0 saturated heterocycles. The van der Waals surface area contributed by atoms with Gasteiger partial charge in [-0.1, -0.05) is 11.6 Å². The van der Waals surface area contributed by atoms with Crippen LogP contribution in [-0.2, 0) is 4.74 Å². The number of halogens is 1. The Morgan fingerprint density at radius 2 is 2.24 bits per heavy atom. The molecule has 3 N–H and O–H groups in total. The molecule has 1 aromatic heterocycles. The average molecular weight is 261 g/mol. The Balaban J connectivity index is 2.42. The van der Waals surface area contributed by atoms with Crippen molar-refractivity contribution < 1.29 is 9.84 Å². The summed E-state index contributed by atoms with van der Waals surface area (Å²) in [5.74, 6) is 1.11. The zero-order chi connectivity index (χ0) is 12.5. The van der Waals surface area contributed by atoms with Crippen LogP contribution >= 0.6 is 11.6 Å². The van der Waals surface area contributed by atoms with E-state index >= 15 is 0 Å². The van der Waals surface area contributed by atoms with Crippen LogP contribution < -0.4 is 10.6 Å². The minimum atomic E-state index is 0.0266. The van der Waals surface area contributed by atoms with Crippen molar-refractivity contribution in [1.82, 2.24) is 9.97 Å². The van der Waals surface area contributed by atoms with E-state index in [1.54, 1.807) is 6.20 Å².